The maximum atomic E-state index is 13.4. The number of aromatic nitrogens is 2. The third kappa shape index (κ3) is 3.90. The fraction of sp³-hybridized carbons (Fsp3) is 0.680. The number of carbonyl (C=O) groups is 2. The second-order valence-corrected chi connectivity index (χ2v) is 9.52. The Morgan fingerprint density at radius 2 is 1.35 bits per heavy atom. The van der Waals surface area contributed by atoms with Gasteiger partial charge in [-0.05, 0) is 67.0 Å². The summed E-state index contributed by atoms with van der Waals surface area (Å²) in [5.41, 5.74) is 2.27. The van der Waals surface area contributed by atoms with E-state index in [0.717, 1.165) is 24.2 Å². The Morgan fingerprint density at radius 1 is 0.839 bits per heavy atom. The Hall–Kier alpha value is -2.24. The van der Waals surface area contributed by atoms with Crippen LogP contribution in [0.2, 0.25) is 0 Å². The minimum atomic E-state index is -0.529. The van der Waals surface area contributed by atoms with Crippen molar-refractivity contribution >= 4 is 17.6 Å². The molecular weight excluding hydrogens is 392 g/mol. The van der Waals surface area contributed by atoms with Gasteiger partial charge in [0.2, 0.25) is 5.69 Å². The van der Waals surface area contributed by atoms with Crippen LogP contribution in [0, 0.1) is 43.4 Å². The lowest BCUT2D eigenvalue weighted by molar-refractivity contribution is -0.651. The van der Waals surface area contributed by atoms with Crippen LogP contribution >= 0.6 is 0 Å². The fourth-order valence-corrected chi connectivity index (χ4v) is 6.79. The molecule has 31 heavy (non-hydrogen) atoms. The highest BCUT2D eigenvalue weighted by Gasteiger charge is 2.56. The lowest BCUT2D eigenvalue weighted by Gasteiger charge is -2.32. The minimum absolute atomic E-state index is 0.0198. The highest BCUT2D eigenvalue weighted by Crippen LogP contribution is 2.59. The second-order valence-electron chi connectivity index (χ2n) is 9.52. The molecule has 4 atom stereocenters. The third-order valence-electron chi connectivity index (χ3n) is 7.96. The van der Waals surface area contributed by atoms with Crippen molar-refractivity contribution in [1.82, 2.24) is 5.10 Å². The summed E-state index contributed by atoms with van der Waals surface area (Å²) in [7, 11) is 2.77. The molecule has 0 spiro atoms. The topological polar surface area (TPSA) is 69.4 Å². The summed E-state index contributed by atoms with van der Waals surface area (Å²) in [6, 6.07) is 3.82. The SMILES string of the molecule is COC(=O)/C(=C(/C(=O)OC)[n+]1nc(C)ccc1C)C1C2CCCCC2C2CCCCC21. The number of hydrogen-bond acceptors (Lipinski definition) is 5. The summed E-state index contributed by atoms with van der Waals surface area (Å²) < 4.78 is 12.1. The van der Waals surface area contributed by atoms with Crippen LogP contribution in [0.25, 0.3) is 5.70 Å². The van der Waals surface area contributed by atoms with Crippen molar-refractivity contribution in [2.24, 2.45) is 29.6 Å². The monoisotopic (exact) mass is 427 g/mol. The number of nitrogens with zero attached hydrogens (tertiary/aromatic N) is 2. The first kappa shape index (κ1) is 22.0. The first-order chi connectivity index (χ1) is 15.0. The van der Waals surface area contributed by atoms with Crippen molar-refractivity contribution < 1.29 is 23.7 Å². The number of methoxy groups -OCH3 is 2. The summed E-state index contributed by atoms with van der Waals surface area (Å²) >= 11 is 0. The zero-order valence-electron chi connectivity index (χ0n) is 19.2. The van der Waals surface area contributed by atoms with Gasteiger partial charge >= 0.3 is 17.6 Å². The van der Waals surface area contributed by atoms with Crippen molar-refractivity contribution in [3.05, 3.63) is 29.1 Å². The molecule has 0 radical (unpaired) electrons. The van der Waals surface area contributed by atoms with E-state index in [1.54, 1.807) is 4.68 Å². The smallest absolute Gasteiger partial charge is 0.407 e. The maximum Gasteiger partial charge on any atom is 0.407 e. The van der Waals surface area contributed by atoms with Crippen LogP contribution in [0.15, 0.2) is 17.7 Å². The molecule has 0 N–H and O–H groups in total. The third-order valence-corrected chi connectivity index (χ3v) is 7.96. The van der Waals surface area contributed by atoms with Crippen LogP contribution in [0.4, 0.5) is 0 Å². The first-order valence-electron chi connectivity index (χ1n) is 11.8. The molecule has 3 saturated carbocycles. The van der Waals surface area contributed by atoms with Gasteiger partial charge < -0.3 is 9.47 Å². The predicted octanol–water partition coefficient (Wildman–Crippen LogP) is 3.79. The first-order valence-corrected chi connectivity index (χ1v) is 11.8. The van der Waals surface area contributed by atoms with Crippen LogP contribution in [0.5, 0.6) is 0 Å². The van der Waals surface area contributed by atoms with Gasteiger partial charge in [0.15, 0.2) is 0 Å². The summed E-state index contributed by atoms with van der Waals surface area (Å²) in [4.78, 5) is 26.5. The molecule has 0 amide bonds. The van der Waals surface area contributed by atoms with Gasteiger partial charge in [0.25, 0.3) is 0 Å². The molecule has 6 nitrogen and oxygen atoms in total. The largest absolute Gasteiger partial charge is 0.465 e. The van der Waals surface area contributed by atoms with E-state index in [1.807, 2.05) is 26.0 Å². The highest BCUT2D eigenvalue weighted by molar-refractivity contribution is 6.14. The molecule has 0 aliphatic heterocycles. The molecule has 0 aromatic carbocycles. The van der Waals surface area contributed by atoms with Crippen molar-refractivity contribution in [1.29, 1.82) is 0 Å². The van der Waals surface area contributed by atoms with Crippen molar-refractivity contribution in [2.75, 3.05) is 14.2 Å². The number of carbonyl (C=O) groups excluding carboxylic acids is 2. The van der Waals surface area contributed by atoms with Gasteiger partial charge in [-0.15, -0.1) is 0 Å². The zero-order chi connectivity index (χ0) is 22.1. The Morgan fingerprint density at radius 3 is 1.87 bits per heavy atom. The zero-order valence-corrected chi connectivity index (χ0v) is 19.2. The Bertz CT molecular complexity index is 872. The normalized spacial score (nSPS) is 30.6. The van der Waals surface area contributed by atoms with Crippen LogP contribution < -0.4 is 4.68 Å². The Balaban J connectivity index is 1.95. The van der Waals surface area contributed by atoms with Gasteiger partial charge in [-0.3, -0.25) is 0 Å². The number of fused-ring (bicyclic) bond motifs is 3. The quantitative estimate of drug-likeness (QED) is 0.415. The van der Waals surface area contributed by atoms with E-state index < -0.39 is 11.9 Å². The Kier molecular flexibility index (Phi) is 6.44. The molecule has 1 heterocycles. The molecule has 1 aromatic rings. The summed E-state index contributed by atoms with van der Waals surface area (Å²) in [5.74, 6) is 1.18. The molecule has 0 saturated heterocycles. The molecule has 1 aromatic heterocycles. The van der Waals surface area contributed by atoms with Crippen LogP contribution in [0.3, 0.4) is 0 Å². The van der Waals surface area contributed by atoms with Gasteiger partial charge in [-0.25, -0.2) is 9.59 Å². The van der Waals surface area contributed by atoms with E-state index in [9.17, 15) is 9.59 Å². The molecule has 6 heteroatoms. The summed E-state index contributed by atoms with van der Waals surface area (Å²) in [6.07, 6.45) is 9.61. The molecule has 3 fully saturated rings. The van der Waals surface area contributed by atoms with Crippen LogP contribution in [-0.2, 0) is 19.1 Å². The highest BCUT2D eigenvalue weighted by atomic mass is 16.5. The number of esters is 2. The number of hydrogen-bond donors (Lipinski definition) is 0. The van der Waals surface area contributed by atoms with E-state index in [4.69, 9.17) is 9.47 Å². The number of rotatable bonds is 4. The van der Waals surface area contributed by atoms with E-state index in [0.29, 0.717) is 29.2 Å². The number of ether oxygens (including phenoxy) is 2. The maximum absolute atomic E-state index is 13.4. The average Bonchev–Trinajstić information content (AvgIpc) is 3.12. The van der Waals surface area contributed by atoms with Gasteiger partial charge in [0, 0.05) is 24.0 Å². The fourth-order valence-electron chi connectivity index (χ4n) is 6.79. The van der Waals surface area contributed by atoms with Crippen molar-refractivity contribution in [3.8, 4) is 0 Å². The standard InChI is InChI=1S/C25H35N2O4/c1-15-13-14-16(2)27(26-15)23(25(29)31-4)22(24(28)30-3)21-19-11-7-5-9-17(19)18-10-6-8-12-20(18)21/h13-14,17-21H,5-12H2,1-4H3/q+1/b23-22-. The van der Waals surface area contributed by atoms with Crippen LogP contribution in [-0.4, -0.2) is 31.3 Å². The molecule has 4 unspecified atom stereocenters. The van der Waals surface area contributed by atoms with Gasteiger partial charge in [-0.1, -0.05) is 25.7 Å². The summed E-state index contributed by atoms with van der Waals surface area (Å²) in [6.45, 7) is 3.78. The average molecular weight is 428 g/mol. The molecular formula is C25H35N2O4+. The van der Waals surface area contributed by atoms with Gasteiger partial charge in [-0.2, -0.15) is 0 Å². The van der Waals surface area contributed by atoms with Crippen molar-refractivity contribution in [2.45, 2.75) is 65.2 Å². The van der Waals surface area contributed by atoms with E-state index >= 15 is 0 Å². The lowest BCUT2D eigenvalue weighted by atomic mass is 9.73. The van der Waals surface area contributed by atoms with Gasteiger partial charge in [0.1, 0.15) is 11.3 Å². The lowest BCUT2D eigenvalue weighted by Crippen LogP contribution is -2.47. The van der Waals surface area contributed by atoms with E-state index in [-0.39, 0.29) is 11.6 Å². The minimum Gasteiger partial charge on any atom is -0.465 e. The number of aryl methyl sites for hydroxylation is 2. The summed E-state index contributed by atoms with van der Waals surface area (Å²) in [5, 5.41) is 4.61. The van der Waals surface area contributed by atoms with Crippen LogP contribution in [0.1, 0.15) is 62.8 Å². The molecule has 3 aliphatic rings. The van der Waals surface area contributed by atoms with E-state index in [2.05, 4.69) is 5.10 Å². The molecule has 0 bridgehead atoms. The Labute approximate surface area is 185 Å². The van der Waals surface area contributed by atoms with E-state index in [1.165, 1.54) is 52.7 Å². The molecule has 3 aliphatic carbocycles. The molecule has 4 rings (SSSR count). The second kappa shape index (κ2) is 9.09. The predicted molar refractivity (Wildman–Crippen MR) is 116 cm³/mol. The van der Waals surface area contributed by atoms with Crippen molar-refractivity contribution in [3.63, 3.8) is 0 Å². The molecule has 168 valence electrons. The van der Waals surface area contributed by atoms with Gasteiger partial charge in [0.05, 0.1) is 14.2 Å².